The number of rotatable bonds is 5. The monoisotopic (exact) mass is 421 g/mol. The zero-order valence-electron chi connectivity index (χ0n) is 15.4. The van der Waals surface area contributed by atoms with Gasteiger partial charge in [-0.15, -0.1) is 0 Å². The number of hydrogen-bond donors (Lipinski definition) is 2. The minimum absolute atomic E-state index is 0.0156. The third-order valence-electron chi connectivity index (χ3n) is 4.27. The average Bonchev–Trinajstić information content (AvgIpc) is 2.73. The van der Waals surface area contributed by atoms with Gasteiger partial charge >= 0.3 is 0 Å². The summed E-state index contributed by atoms with van der Waals surface area (Å²) < 4.78 is 45.0. The molecule has 0 bridgehead atoms. The van der Waals surface area contributed by atoms with Crippen LogP contribution >= 0.6 is 0 Å². The Balaban J connectivity index is 1.62. The molecule has 0 saturated carbocycles. The van der Waals surface area contributed by atoms with Crippen LogP contribution in [0.1, 0.15) is 15.9 Å². The molecule has 8 nitrogen and oxygen atoms in total. The van der Waals surface area contributed by atoms with E-state index in [4.69, 9.17) is 4.74 Å². The molecular weight excluding hydrogens is 401 g/mol. The Morgan fingerprint density at radius 2 is 1.76 bits per heavy atom. The van der Waals surface area contributed by atoms with E-state index >= 15 is 0 Å². The van der Waals surface area contributed by atoms with E-state index in [9.17, 15) is 22.4 Å². The Labute approximate surface area is 167 Å². The van der Waals surface area contributed by atoms with Crippen molar-refractivity contribution in [3.63, 3.8) is 0 Å². The molecule has 0 spiro atoms. The maximum atomic E-state index is 13.2. The average molecular weight is 421 g/mol. The number of amides is 2. The largest absolute Gasteiger partial charge is 0.379 e. The lowest BCUT2D eigenvalue weighted by Crippen LogP contribution is -2.42. The van der Waals surface area contributed by atoms with E-state index in [1.165, 1.54) is 46.8 Å². The zero-order valence-corrected chi connectivity index (χ0v) is 16.2. The van der Waals surface area contributed by atoms with Crippen LogP contribution in [-0.4, -0.2) is 50.8 Å². The Morgan fingerprint density at radius 1 is 1.03 bits per heavy atom. The standard InChI is InChI=1S/C19H20FN3O5S/c20-16-5-1-3-14(11-16)12-18(24)21-22-19(25)15-4-2-6-17(13-15)29(26,27)23-7-9-28-10-8-23/h1-6,11,13H,7-10,12H2,(H,21,24)(H,22,25). The SMILES string of the molecule is O=C(Cc1cccc(F)c1)NNC(=O)c1cccc(S(=O)(=O)N2CCOCC2)c1. The number of hydrazine groups is 1. The summed E-state index contributed by atoms with van der Waals surface area (Å²) in [6.45, 7) is 1.12. The molecule has 2 amide bonds. The quantitative estimate of drug-likeness (QED) is 0.697. The molecule has 0 unspecified atom stereocenters. The van der Waals surface area contributed by atoms with Gasteiger partial charge in [-0.1, -0.05) is 18.2 Å². The highest BCUT2D eigenvalue weighted by Gasteiger charge is 2.26. The molecule has 1 saturated heterocycles. The highest BCUT2D eigenvalue weighted by Crippen LogP contribution is 2.18. The van der Waals surface area contributed by atoms with Crippen LogP contribution in [0.4, 0.5) is 4.39 Å². The first-order chi connectivity index (χ1) is 13.9. The van der Waals surface area contributed by atoms with Crippen molar-refractivity contribution in [2.75, 3.05) is 26.3 Å². The number of hydrogen-bond acceptors (Lipinski definition) is 5. The summed E-state index contributed by atoms with van der Waals surface area (Å²) in [4.78, 5) is 24.2. The first-order valence-corrected chi connectivity index (χ1v) is 10.3. The Bertz CT molecular complexity index is 1010. The summed E-state index contributed by atoms with van der Waals surface area (Å²) in [5, 5.41) is 0. The summed E-state index contributed by atoms with van der Waals surface area (Å²) in [5.41, 5.74) is 4.99. The third-order valence-corrected chi connectivity index (χ3v) is 6.17. The molecule has 2 aromatic carbocycles. The molecule has 29 heavy (non-hydrogen) atoms. The van der Waals surface area contributed by atoms with Crippen LogP contribution in [0.3, 0.4) is 0 Å². The van der Waals surface area contributed by atoms with E-state index in [1.807, 2.05) is 0 Å². The number of sulfonamides is 1. The Morgan fingerprint density at radius 3 is 2.48 bits per heavy atom. The van der Waals surface area contributed by atoms with E-state index in [-0.39, 0.29) is 30.0 Å². The molecule has 0 radical (unpaired) electrons. The highest BCUT2D eigenvalue weighted by atomic mass is 32.2. The van der Waals surface area contributed by atoms with Crippen molar-refractivity contribution >= 4 is 21.8 Å². The van der Waals surface area contributed by atoms with Crippen LogP contribution in [0.5, 0.6) is 0 Å². The van der Waals surface area contributed by atoms with Crippen molar-refractivity contribution in [1.29, 1.82) is 0 Å². The molecule has 2 N–H and O–H groups in total. The normalized spacial score (nSPS) is 14.9. The van der Waals surface area contributed by atoms with E-state index in [0.29, 0.717) is 18.8 Å². The summed E-state index contributed by atoms with van der Waals surface area (Å²) >= 11 is 0. The zero-order chi connectivity index (χ0) is 20.9. The van der Waals surface area contributed by atoms with Crippen molar-refractivity contribution < 1.29 is 27.1 Å². The number of carbonyl (C=O) groups excluding carboxylic acids is 2. The second-order valence-corrected chi connectivity index (χ2v) is 8.29. The van der Waals surface area contributed by atoms with Crippen molar-refractivity contribution in [3.05, 3.63) is 65.5 Å². The molecule has 2 aromatic rings. The van der Waals surface area contributed by atoms with Crippen molar-refractivity contribution in [1.82, 2.24) is 15.2 Å². The highest BCUT2D eigenvalue weighted by molar-refractivity contribution is 7.89. The van der Waals surface area contributed by atoms with E-state index < -0.39 is 27.7 Å². The van der Waals surface area contributed by atoms with Crippen LogP contribution in [-0.2, 0) is 26.0 Å². The molecule has 1 aliphatic rings. The molecular formula is C19H20FN3O5S. The molecule has 3 rings (SSSR count). The van der Waals surface area contributed by atoms with Crippen LogP contribution in [0.2, 0.25) is 0 Å². The smallest absolute Gasteiger partial charge is 0.269 e. The topological polar surface area (TPSA) is 105 Å². The lowest BCUT2D eigenvalue weighted by Gasteiger charge is -2.26. The number of carbonyl (C=O) groups is 2. The van der Waals surface area contributed by atoms with Crippen LogP contribution < -0.4 is 10.9 Å². The van der Waals surface area contributed by atoms with Crippen LogP contribution in [0, 0.1) is 5.82 Å². The predicted molar refractivity (Wildman–Crippen MR) is 102 cm³/mol. The van der Waals surface area contributed by atoms with E-state index in [1.54, 1.807) is 6.07 Å². The molecule has 0 aromatic heterocycles. The van der Waals surface area contributed by atoms with Gasteiger partial charge in [-0.2, -0.15) is 4.31 Å². The van der Waals surface area contributed by atoms with Gasteiger partial charge in [-0.05, 0) is 35.9 Å². The minimum atomic E-state index is -3.74. The van der Waals surface area contributed by atoms with Gasteiger partial charge in [-0.3, -0.25) is 20.4 Å². The summed E-state index contributed by atoms with van der Waals surface area (Å²) in [6.07, 6.45) is -0.122. The van der Waals surface area contributed by atoms with Crippen LogP contribution in [0.25, 0.3) is 0 Å². The third kappa shape index (κ3) is 5.37. The second-order valence-electron chi connectivity index (χ2n) is 6.35. The van der Waals surface area contributed by atoms with E-state index in [2.05, 4.69) is 10.9 Å². The van der Waals surface area contributed by atoms with Gasteiger partial charge in [0.1, 0.15) is 5.82 Å². The fourth-order valence-corrected chi connectivity index (χ4v) is 4.26. The lowest BCUT2D eigenvalue weighted by atomic mass is 10.1. The molecule has 154 valence electrons. The molecule has 1 fully saturated rings. The van der Waals surface area contributed by atoms with Crippen molar-refractivity contribution in [2.24, 2.45) is 0 Å². The number of benzene rings is 2. The number of ether oxygens (including phenoxy) is 1. The maximum absolute atomic E-state index is 13.2. The fourth-order valence-electron chi connectivity index (χ4n) is 2.81. The number of nitrogens with one attached hydrogen (secondary N) is 2. The van der Waals surface area contributed by atoms with Crippen molar-refractivity contribution in [3.8, 4) is 0 Å². The Kier molecular flexibility index (Phi) is 6.57. The van der Waals surface area contributed by atoms with Gasteiger partial charge in [0.25, 0.3) is 5.91 Å². The van der Waals surface area contributed by atoms with Crippen LogP contribution in [0.15, 0.2) is 53.4 Å². The predicted octanol–water partition coefficient (Wildman–Crippen LogP) is 0.850. The van der Waals surface area contributed by atoms with Gasteiger partial charge in [-0.25, -0.2) is 12.8 Å². The second kappa shape index (κ2) is 9.12. The molecule has 1 heterocycles. The Hall–Kier alpha value is -2.82. The molecule has 0 atom stereocenters. The summed E-state index contributed by atoms with van der Waals surface area (Å²) in [5.74, 6) is -1.67. The van der Waals surface area contributed by atoms with Gasteiger partial charge in [0.2, 0.25) is 15.9 Å². The van der Waals surface area contributed by atoms with Gasteiger partial charge in [0.05, 0.1) is 24.5 Å². The lowest BCUT2D eigenvalue weighted by molar-refractivity contribution is -0.121. The first-order valence-electron chi connectivity index (χ1n) is 8.88. The number of nitrogens with zero attached hydrogens (tertiary/aromatic N) is 1. The summed E-state index contributed by atoms with van der Waals surface area (Å²) in [6, 6.07) is 11.1. The maximum Gasteiger partial charge on any atom is 0.269 e. The van der Waals surface area contributed by atoms with Gasteiger partial charge < -0.3 is 4.74 Å². The van der Waals surface area contributed by atoms with Gasteiger partial charge in [0.15, 0.2) is 0 Å². The molecule has 0 aliphatic carbocycles. The molecule has 1 aliphatic heterocycles. The van der Waals surface area contributed by atoms with E-state index in [0.717, 1.165) is 0 Å². The summed E-state index contributed by atoms with van der Waals surface area (Å²) in [7, 11) is -3.74. The van der Waals surface area contributed by atoms with Gasteiger partial charge in [0, 0.05) is 18.7 Å². The molecule has 10 heteroatoms. The number of halogens is 1. The first kappa shape index (κ1) is 20.9. The van der Waals surface area contributed by atoms with Crippen molar-refractivity contribution in [2.45, 2.75) is 11.3 Å². The minimum Gasteiger partial charge on any atom is -0.379 e. The fraction of sp³-hybridized carbons (Fsp3) is 0.263. The number of morpholine rings is 1.